The van der Waals surface area contributed by atoms with Gasteiger partial charge in [-0.15, -0.1) is 0 Å². The molecule has 3 heteroatoms. The SMILES string of the molecule is Cc1ccc2cc(Br)c(Br)cc2n1. The summed E-state index contributed by atoms with van der Waals surface area (Å²) in [5.74, 6) is 0. The topological polar surface area (TPSA) is 12.9 Å². The van der Waals surface area contributed by atoms with Crippen molar-refractivity contribution in [1.82, 2.24) is 4.98 Å². The van der Waals surface area contributed by atoms with Gasteiger partial charge in [0.2, 0.25) is 0 Å². The lowest BCUT2D eigenvalue weighted by atomic mass is 10.2. The molecule has 1 heterocycles. The molecule has 0 spiro atoms. The average molecular weight is 301 g/mol. The number of aryl methyl sites for hydroxylation is 1. The first kappa shape index (κ1) is 9.16. The van der Waals surface area contributed by atoms with E-state index in [-0.39, 0.29) is 0 Å². The molecular formula is C10H7Br2N. The van der Waals surface area contributed by atoms with Crippen molar-refractivity contribution < 1.29 is 0 Å². The second-order valence-corrected chi connectivity index (χ2v) is 4.62. The first-order chi connectivity index (χ1) is 6.16. The molecule has 13 heavy (non-hydrogen) atoms. The van der Waals surface area contributed by atoms with E-state index in [1.165, 1.54) is 0 Å². The molecule has 66 valence electrons. The Labute approximate surface area is 93.4 Å². The standard InChI is InChI=1S/C10H7Br2N/c1-6-2-3-7-4-8(11)9(12)5-10(7)13-6/h2-5H,1H3. The molecule has 0 aliphatic carbocycles. The van der Waals surface area contributed by atoms with Crippen LogP contribution in [-0.4, -0.2) is 4.98 Å². The van der Waals surface area contributed by atoms with Gasteiger partial charge in [0.05, 0.1) is 5.52 Å². The van der Waals surface area contributed by atoms with Crippen molar-refractivity contribution in [3.63, 3.8) is 0 Å². The molecule has 1 nitrogen and oxygen atoms in total. The van der Waals surface area contributed by atoms with Gasteiger partial charge in [-0.05, 0) is 57.0 Å². The highest BCUT2D eigenvalue weighted by Crippen LogP contribution is 2.27. The molecular weight excluding hydrogens is 294 g/mol. The van der Waals surface area contributed by atoms with E-state index in [2.05, 4.69) is 49.0 Å². The van der Waals surface area contributed by atoms with E-state index in [0.29, 0.717) is 0 Å². The van der Waals surface area contributed by atoms with Gasteiger partial charge in [-0.3, -0.25) is 4.98 Å². The predicted molar refractivity (Wildman–Crippen MR) is 61.9 cm³/mol. The number of fused-ring (bicyclic) bond motifs is 1. The summed E-state index contributed by atoms with van der Waals surface area (Å²) in [6, 6.07) is 8.18. The number of hydrogen-bond acceptors (Lipinski definition) is 1. The van der Waals surface area contributed by atoms with Gasteiger partial charge in [-0.25, -0.2) is 0 Å². The summed E-state index contributed by atoms with van der Waals surface area (Å²) >= 11 is 6.91. The summed E-state index contributed by atoms with van der Waals surface area (Å²) in [5.41, 5.74) is 2.07. The number of aromatic nitrogens is 1. The molecule has 0 N–H and O–H groups in total. The summed E-state index contributed by atoms with van der Waals surface area (Å²) in [7, 11) is 0. The summed E-state index contributed by atoms with van der Waals surface area (Å²) in [6.07, 6.45) is 0. The molecule has 1 aromatic carbocycles. The number of nitrogens with zero attached hydrogens (tertiary/aromatic N) is 1. The van der Waals surface area contributed by atoms with Crippen LogP contribution in [0.1, 0.15) is 5.69 Å². The van der Waals surface area contributed by atoms with Crippen LogP contribution >= 0.6 is 31.9 Å². The maximum absolute atomic E-state index is 4.43. The molecule has 2 aromatic rings. The third kappa shape index (κ3) is 1.76. The number of pyridine rings is 1. The van der Waals surface area contributed by atoms with Crippen molar-refractivity contribution in [3.8, 4) is 0 Å². The minimum Gasteiger partial charge on any atom is -0.253 e. The zero-order chi connectivity index (χ0) is 9.42. The van der Waals surface area contributed by atoms with Crippen molar-refractivity contribution in [2.45, 2.75) is 6.92 Å². The van der Waals surface area contributed by atoms with E-state index < -0.39 is 0 Å². The Hall–Kier alpha value is -0.410. The second kappa shape index (κ2) is 3.39. The van der Waals surface area contributed by atoms with Gasteiger partial charge in [-0.2, -0.15) is 0 Å². The number of rotatable bonds is 0. The quantitative estimate of drug-likeness (QED) is 0.715. The first-order valence-electron chi connectivity index (χ1n) is 3.89. The minimum absolute atomic E-state index is 1.02. The molecule has 0 saturated heterocycles. The minimum atomic E-state index is 1.02. The monoisotopic (exact) mass is 299 g/mol. The van der Waals surface area contributed by atoms with Crippen LogP contribution in [-0.2, 0) is 0 Å². The number of benzene rings is 1. The van der Waals surface area contributed by atoms with Crippen LogP contribution in [0.5, 0.6) is 0 Å². The van der Waals surface area contributed by atoms with Crippen LogP contribution in [0.3, 0.4) is 0 Å². The van der Waals surface area contributed by atoms with Crippen LogP contribution in [0.25, 0.3) is 10.9 Å². The molecule has 1 aromatic heterocycles. The fourth-order valence-corrected chi connectivity index (χ4v) is 1.91. The molecule has 0 fully saturated rings. The molecule has 0 radical (unpaired) electrons. The first-order valence-corrected chi connectivity index (χ1v) is 5.48. The molecule has 0 atom stereocenters. The number of halogens is 2. The van der Waals surface area contributed by atoms with Gasteiger partial charge < -0.3 is 0 Å². The Kier molecular flexibility index (Phi) is 2.39. The highest BCUT2D eigenvalue weighted by molar-refractivity contribution is 9.13. The van der Waals surface area contributed by atoms with E-state index in [1.54, 1.807) is 0 Å². The Balaban J connectivity index is 2.81. The van der Waals surface area contributed by atoms with Crippen LogP contribution in [0, 0.1) is 6.92 Å². The average Bonchev–Trinajstić information content (AvgIpc) is 2.08. The summed E-state index contributed by atoms with van der Waals surface area (Å²) < 4.78 is 2.10. The third-order valence-electron chi connectivity index (χ3n) is 1.87. The van der Waals surface area contributed by atoms with Gasteiger partial charge in [0, 0.05) is 20.0 Å². The lowest BCUT2D eigenvalue weighted by Crippen LogP contribution is -1.83. The lowest BCUT2D eigenvalue weighted by Gasteiger charge is -2.01. The Bertz CT molecular complexity index is 466. The fraction of sp³-hybridized carbons (Fsp3) is 0.100. The summed E-state index contributed by atoms with van der Waals surface area (Å²) in [4.78, 5) is 4.43. The Morgan fingerprint density at radius 3 is 2.54 bits per heavy atom. The largest absolute Gasteiger partial charge is 0.253 e. The molecule has 0 aliphatic rings. The van der Waals surface area contributed by atoms with Gasteiger partial charge in [0.25, 0.3) is 0 Å². The van der Waals surface area contributed by atoms with Gasteiger partial charge in [0.15, 0.2) is 0 Å². The highest BCUT2D eigenvalue weighted by Gasteiger charge is 2.00. The van der Waals surface area contributed by atoms with Crippen LogP contribution in [0.4, 0.5) is 0 Å². The summed E-state index contributed by atoms with van der Waals surface area (Å²) in [5, 5.41) is 1.15. The zero-order valence-corrected chi connectivity index (χ0v) is 10.2. The lowest BCUT2D eigenvalue weighted by molar-refractivity contribution is 1.25. The van der Waals surface area contributed by atoms with E-state index in [9.17, 15) is 0 Å². The molecule has 0 bridgehead atoms. The Morgan fingerprint density at radius 1 is 1.08 bits per heavy atom. The molecule has 0 aliphatic heterocycles. The molecule has 0 saturated carbocycles. The van der Waals surface area contributed by atoms with E-state index >= 15 is 0 Å². The maximum Gasteiger partial charge on any atom is 0.0717 e. The van der Waals surface area contributed by atoms with Gasteiger partial charge in [-0.1, -0.05) is 6.07 Å². The van der Waals surface area contributed by atoms with Crippen LogP contribution in [0.2, 0.25) is 0 Å². The Morgan fingerprint density at radius 2 is 1.77 bits per heavy atom. The third-order valence-corrected chi connectivity index (χ3v) is 3.71. The van der Waals surface area contributed by atoms with Crippen molar-refractivity contribution in [1.29, 1.82) is 0 Å². The van der Waals surface area contributed by atoms with Crippen LogP contribution < -0.4 is 0 Å². The predicted octanol–water partition coefficient (Wildman–Crippen LogP) is 4.07. The van der Waals surface area contributed by atoms with E-state index in [4.69, 9.17) is 0 Å². The maximum atomic E-state index is 4.43. The molecule has 0 unspecified atom stereocenters. The molecule has 2 rings (SSSR count). The van der Waals surface area contributed by atoms with Crippen molar-refractivity contribution in [2.75, 3.05) is 0 Å². The highest BCUT2D eigenvalue weighted by atomic mass is 79.9. The van der Waals surface area contributed by atoms with Crippen molar-refractivity contribution in [2.24, 2.45) is 0 Å². The van der Waals surface area contributed by atoms with Gasteiger partial charge >= 0.3 is 0 Å². The normalized spacial score (nSPS) is 10.7. The molecule has 0 amide bonds. The van der Waals surface area contributed by atoms with E-state index in [0.717, 1.165) is 25.5 Å². The van der Waals surface area contributed by atoms with Gasteiger partial charge in [0.1, 0.15) is 0 Å². The summed E-state index contributed by atoms with van der Waals surface area (Å²) in [6.45, 7) is 2.00. The smallest absolute Gasteiger partial charge is 0.0717 e. The van der Waals surface area contributed by atoms with E-state index in [1.807, 2.05) is 19.1 Å². The zero-order valence-electron chi connectivity index (χ0n) is 7.01. The number of hydrogen-bond donors (Lipinski definition) is 0. The van der Waals surface area contributed by atoms with Crippen molar-refractivity contribution in [3.05, 3.63) is 38.9 Å². The second-order valence-electron chi connectivity index (χ2n) is 2.91. The van der Waals surface area contributed by atoms with Crippen molar-refractivity contribution >= 4 is 42.8 Å². The van der Waals surface area contributed by atoms with Crippen LogP contribution in [0.15, 0.2) is 33.2 Å². The fourth-order valence-electron chi connectivity index (χ4n) is 1.22.